The highest BCUT2D eigenvalue weighted by Crippen LogP contribution is 2.48. The van der Waals surface area contributed by atoms with Crippen molar-refractivity contribution in [2.24, 2.45) is 0 Å². The quantitative estimate of drug-likeness (QED) is 0.102. The molecular weight excluding hydrogens is 804 g/mol. The van der Waals surface area contributed by atoms with Crippen molar-refractivity contribution in [3.63, 3.8) is 0 Å². The van der Waals surface area contributed by atoms with Crippen LogP contribution in [0.25, 0.3) is 0 Å². The summed E-state index contributed by atoms with van der Waals surface area (Å²) in [5.41, 5.74) is -0.00883. The number of ether oxygens (including phenoxy) is 2. The summed E-state index contributed by atoms with van der Waals surface area (Å²) in [7, 11) is 0. The van der Waals surface area contributed by atoms with Crippen molar-refractivity contribution in [2.75, 3.05) is 13.2 Å². The number of imide groups is 1. The first kappa shape index (κ1) is 25.7. The molecule has 0 saturated heterocycles. The molecule has 3 rings (SSSR count). The van der Waals surface area contributed by atoms with E-state index < -0.39 is 18.0 Å². The summed E-state index contributed by atoms with van der Waals surface area (Å²) < 4.78 is 13.1. The van der Waals surface area contributed by atoms with Crippen LogP contribution in [0.5, 0.6) is 5.75 Å². The molecule has 31 heavy (non-hydrogen) atoms. The fraction of sp³-hybridized carbons (Fsp3) is 0.118. The van der Waals surface area contributed by atoms with E-state index in [-0.39, 0.29) is 45.1 Å². The molecule has 0 unspecified atom stereocenters. The van der Waals surface area contributed by atoms with E-state index in [0.29, 0.717) is 22.4 Å². The molecule has 1 aliphatic rings. The second-order valence-corrected chi connectivity index (χ2v) is 10.9. The van der Waals surface area contributed by atoms with Crippen LogP contribution < -0.4 is 4.74 Å². The Morgan fingerprint density at radius 1 is 0.871 bits per heavy atom. The Balaban J connectivity index is 1.68. The van der Waals surface area contributed by atoms with Gasteiger partial charge in [-0.2, -0.15) is 0 Å². The SMILES string of the molecule is O=C(OCCN1C(=O)c2cc(Cl)c(Cl)c(Cl)c2C1=O)Oc1c(Br)c(Br)c(Br)c(Br)c1Br. The van der Waals surface area contributed by atoms with Crippen LogP contribution in [0.2, 0.25) is 15.1 Å². The lowest BCUT2D eigenvalue weighted by Crippen LogP contribution is -2.33. The highest BCUT2D eigenvalue weighted by Gasteiger charge is 2.39. The zero-order valence-electron chi connectivity index (χ0n) is 14.5. The van der Waals surface area contributed by atoms with Crippen LogP contribution in [-0.4, -0.2) is 36.0 Å². The zero-order chi connectivity index (χ0) is 23.2. The van der Waals surface area contributed by atoms with Crippen molar-refractivity contribution in [1.29, 1.82) is 0 Å². The molecule has 0 fully saturated rings. The number of carbonyl (C=O) groups excluding carboxylic acids is 3. The second kappa shape index (κ2) is 10.2. The number of halogens is 8. The third-order valence-electron chi connectivity index (χ3n) is 3.99. The average molecular weight is 809 g/mol. The van der Waals surface area contributed by atoms with E-state index in [0.717, 1.165) is 4.90 Å². The van der Waals surface area contributed by atoms with E-state index in [1.165, 1.54) is 6.07 Å². The number of fused-ring (bicyclic) bond motifs is 1. The lowest BCUT2D eigenvalue weighted by Gasteiger charge is -2.15. The number of hydrogen-bond donors (Lipinski definition) is 0. The molecule has 0 aromatic heterocycles. The summed E-state index contributed by atoms with van der Waals surface area (Å²) in [5.74, 6) is -1.13. The highest BCUT2D eigenvalue weighted by atomic mass is 79.9. The van der Waals surface area contributed by atoms with Gasteiger partial charge in [0.25, 0.3) is 11.8 Å². The Bertz CT molecular complexity index is 1130. The lowest BCUT2D eigenvalue weighted by molar-refractivity contribution is 0.0562. The number of rotatable bonds is 4. The van der Waals surface area contributed by atoms with Gasteiger partial charge in [0.05, 0.1) is 50.6 Å². The molecule has 2 aromatic carbocycles. The minimum absolute atomic E-state index is 0.0205. The maximum absolute atomic E-state index is 12.6. The number of hydrogen-bond acceptors (Lipinski definition) is 5. The van der Waals surface area contributed by atoms with E-state index in [9.17, 15) is 14.4 Å². The van der Waals surface area contributed by atoms with Crippen molar-refractivity contribution in [3.8, 4) is 5.75 Å². The van der Waals surface area contributed by atoms with Gasteiger partial charge in [0.2, 0.25) is 0 Å². The number of nitrogens with zero attached hydrogens (tertiary/aromatic N) is 1. The van der Waals surface area contributed by atoms with Gasteiger partial charge in [-0.1, -0.05) is 34.8 Å². The third kappa shape index (κ3) is 4.84. The summed E-state index contributed by atoms with van der Waals surface area (Å²) in [4.78, 5) is 38.1. The third-order valence-corrected chi connectivity index (χ3v) is 11.3. The largest absolute Gasteiger partial charge is 0.513 e. The van der Waals surface area contributed by atoms with Gasteiger partial charge in [0.1, 0.15) is 6.61 Å². The Hall–Kier alpha value is 0.120. The Kier molecular flexibility index (Phi) is 8.44. The molecule has 0 N–H and O–H groups in total. The molecule has 0 radical (unpaired) electrons. The molecule has 0 atom stereocenters. The highest BCUT2D eigenvalue weighted by molar-refractivity contribution is 9.15. The van der Waals surface area contributed by atoms with Crippen LogP contribution in [-0.2, 0) is 4.74 Å². The number of benzene rings is 2. The smallest absolute Gasteiger partial charge is 0.432 e. The first-order valence-corrected chi connectivity index (χ1v) is 13.0. The van der Waals surface area contributed by atoms with E-state index in [4.69, 9.17) is 44.3 Å². The van der Waals surface area contributed by atoms with Crippen LogP contribution in [0, 0.1) is 0 Å². The molecule has 6 nitrogen and oxygen atoms in total. The minimum atomic E-state index is -1.04. The topological polar surface area (TPSA) is 72.9 Å². The van der Waals surface area contributed by atoms with Crippen LogP contribution >= 0.6 is 114 Å². The van der Waals surface area contributed by atoms with Gasteiger partial charge in [0.15, 0.2) is 5.75 Å². The van der Waals surface area contributed by atoms with Crippen molar-refractivity contribution in [1.82, 2.24) is 4.90 Å². The fourth-order valence-corrected chi connectivity index (χ4v) is 6.41. The van der Waals surface area contributed by atoms with Crippen molar-refractivity contribution >= 4 is 132 Å². The van der Waals surface area contributed by atoms with Crippen LogP contribution in [0.3, 0.4) is 0 Å². The molecule has 14 heteroatoms. The van der Waals surface area contributed by atoms with Gasteiger partial charge in [-0.3, -0.25) is 14.5 Å². The fourth-order valence-electron chi connectivity index (χ4n) is 2.56. The Labute approximate surface area is 232 Å². The predicted octanol–water partition coefficient (Wildman–Crippen LogP) is 8.27. The summed E-state index contributed by atoms with van der Waals surface area (Å²) in [6, 6.07) is 1.28. The predicted molar refractivity (Wildman–Crippen MR) is 134 cm³/mol. The first-order valence-electron chi connectivity index (χ1n) is 7.87. The number of amides is 2. The molecule has 2 aromatic rings. The van der Waals surface area contributed by atoms with Gasteiger partial charge in [-0.25, -0.2) is 4.79 Å². The molecule has 0 saturated carbocycles. The summed E-state index contributed by atoms with van der Waals surface area (Å²) in [6.07, 6.45) is -1.04. The molecular formula is C17H5Br5Cl3NO5. The Morgan fingerprint density at radius 3 is 2.00 bits per heavy atom. The second-order valence-electron chi connectivity index (χ2n) is 5.77. The van der Waals surface area contributed by atoms with Crippen LogP contribution in [0.4, 0.5) is 4.79 Å². The molecule has 1 heterocycles. The summed E-state index contributed by atoms with van der Waals surface area (Å²) in [5, 5.41) is -0.0736. The average Bonchev–Trinajstić information content (AvgIpc) is 2.96. The van der Waals surface area contributed by atoms with E-state index in [1.54, 1.807) is 0 Å². The van der Waals surface area contributed by atoms with Gasteiger partial charge in [0, 0.05) is 4.47 Å². The number of carbonyl (C=O) groups is 3. The molecule has 164 valence electrons. The first-order chi connectivity index (χ1) is 14.5. The maximum atomic E-state index is 12.6. The Morgan fingerprint density at radius 2 is 1.42 bits per heavy atom. The van der Waals surface area contributed by atoms with E-state index in [2.05, 4.69) is 79.6 Å². The maximum Gasteiger partial charge on any atom is 0.513 e. The van der Waals surface area contributed by atoms with Crippen molar-refractivity contribution in [3.05, 3.63) is 54.6 Å². The summed E-state index contributed by atoms with van der Waals surface area (Å²) >= 11 is 34.7. The zero-order valence-corrected chi connectivity index (χ0v) is 24.7. The van der Waals surface area contributed by atoms with Gasteiger partial charge < -0.3 is 9.47 Å². The minimum Gasteiger partial charge on any atom is -0.432 e. The molecule has 0 aliphatic carbocycles. The van der Waals surface area contributed by atoms with Crippen molar-refractivity contribution in [2.45, 2.75) is 0 Å². The molecule has 2 amide bonds. The molecule has 0 spiro atoms. The van der Waals surface area contributed by atoms with Crippen molar-refractivity contribution < 1.29 is 23.9 Å². The lowest BCUT2D eigenvalue weighted by atomic mass is 10.1. The molecule has 1 aliphatic heterocycles. The normalized spacial score (nSPS) is 13.0. The van der Waals surface area contributed by atoms with Crippen LogP contribution in [0.15, 0.2) is 28.4 Å². The monoisotopic (exact) mass is 803 g/mol. The van der Waals surface area contributed by atoms with Gasteiger partial charge in [-0.05, 0) is 85.7 Å². The standard InChI is InChI=1S/C17H5Br5Cl3NO5/c18-7-8(19)10(21)14(11(22)9(7)20)31-17(29)30-2-1-26-15(27)4-3-5(23)12(24)13(25)6(4)16(26)28/h3H,1-2H2. The van der Waals surface area contributed by atoms with E-state index >= 15 is 0 Å². The van der Waals surface area contributed by atoms with Gasteiger partial charge >= 0.3 is 6.16 Å². The van der Waals surface area contributed by atoms with Gasteiger partial charge in [-0.15, -0.1) is 0 Å². The summed E-state index contributed by atoms with van der Waals surface area (Å²) in [6.45, 7) is -0.527. The van der Waals surface area contributed by atoms with Crippen LogP contribution in [0.1, 0.15) is 20.7 Å². The van der Waals surface area contributed by atoms with E-state index in [1.807, 2.05) is 0 Å². The molecule has 0 bridgehead atoms.